The van der Waals surface area contributed by atoms with Crippen molar-refractivity contribution in [2.75, 3.05) is 19.0 Å². The van der Waals surface area contributed by atoms with Crippen LogP contribution in [0.25, 0.3) is 11.4 Å². The highest BCUT2D eigenvalue weighted by Gasteiger charge is 2.11. The normalized spacial score (nSPS) is 10.3. The Morgan fingerprint density at radius 3 is 2.74 bits per heavy atom. The molecule has 1 N–H and O–H groups in total. The molecule has 0 radical (unpaired) electrons. The van der Waals surface area contributed by atoms with Crippen LogP contribution in [0.2, 0.25) is 0 Å². The summed E-state index contributed by atoms with van der Waals surface area (Å²) in [6.45, 7) is 4.48. The fourth-order valence-electron chi connectivity index (χ4n) is 1.64. The zero-order valence-electron chi connectivity index (χ0n) is 11.1. The van der Waals surface area contributed by atoms with Gasteiger partial charge in [0.2, 0.25) is 5.95 Å². The summed E-state index contributed by atoms with van der Waals surface area (Å²) in [6.07, 6.45) is 0. The van der Waals surface area contributed by atoms with Gasteiger partial charge in [-0.3, -0.25) is 0 Å². The van der Waals surface area contributed by atoms with Crippen LogP contribution in [0.4, 0.5) is 10.3 Å². The Labute approximate surface area is 110 Å². The number of hydrogen-bond donors (Lipinski definition) is 1. The molecule has 0 aliphatic rings. The van der Waals surface area contributed by atoms with Crippen molar-refractivity contribution >= 4 is 5.95 Å². The van der Waals surface area contributed by atoms with Gasteiger partial charge in [0.1, 0.15) is 5.82 Å². The first-order valence-electron chi connectivity index (χ1n) is 5.94. The summed E-state index contributed by atoms with van der Waals surface area (Å²) in [4.78, 5) is 12.5. The highest BCUT2D eigenvalue weighted by molar-refractivity contribution is 5.61. The number of halogens is 1. The molecule has 0 amide bonds. The lowest BCUT2D eigenvalue weighted by Gasteiger charge is -2.08. The maximum Gasteiger partial charge on any atom is 0.321 e. The molecule has 2 rings (SSSR count). The van der Waals surface area contributed by atoms with E-state index in [0.717, 1.165) is 5.56 Å². The maximum absolute atomic E-state index is 13.3. The summed E-state index contributed by atoms with van der Waals surface area (Å²) in [5.41, 5.74) is 1.51. The Bertz CT molecular complexity index is 589. The van der Waals surface area contributed by atoms with Crippen LogP contribution in [0.3, 0.4) is 0 Å². The molecule has 1 aromatic carbocycles. The lowest BCUT2D eigenvalue weighted by Crippen LogP contribution is -2.06. The number of nitrogens with zero attached hydrogens (tertiary/aromatic N) is 3. The van der Waals surface area contributed by atoms with Crippen LogP contribution in [-0.2, 0) is 0 Å². The van der Waals surface area contributed by atoms with Gasteiger partial charge in [-0.25, -0.2) is 4.39 Å². The molecule has 100 valence electrons. The minimum atomic E-state index is -0.329. The smallest absolute Gasteiger partial charge is 0.321 e. The zero-order chi connectivity index (χ0) is 13.8. The van der Waals surface area contributed by atoms with Crippen molar-refractivity contribution < 1.29 is 9.13 Å². The number of aromatic nitrogens is 3. The average Bonchev–Trinajstić information content (AvgIpc) is 2.41. The number of benzene rings is 1. The molecular formula is C13H15FN4O. The van der Waals surface area contributed by atoms with Gasteiger partial charge in [0, 0.05) is 12.1 Å². The summed E-state index contributed by atoms with van der Waals surface area (Å²) in [7, 11) is 1.48. The van der Waals surface area contributed by atoms with Crippen molar-refractivity contribution in [1.82, 2.24) is 15.0 Å². The van der Waals surface area contributed by atoms with Crippen LogP contribution in [0.5, 0.6) is 6.01 Å². The van der Waals surface area contributed by atoms with Crippen LogP contribution in [-0.4, -0.2) is 28.6 Å². The average molecular weight is 262 g/mol. The zero-order valence-corrected chi connectivity index (χ0v) is 11.1. The number of methoxy groups -OCH3 is 1. The minimum absolute atomic E-state index is 0.199. The molecule has 0 spiro atoms. The van der Waals surface area contributed by atoms with Gasteiger partial charge in [-0.05, 0) is 31.5 Å². The molecule has 1 heterocycles. The van der Waals surface area contributed by atoms with Gasteiger partial charge in [-0.15, -0.1) is 0 Å². The van der Waals surface area contributed by atoms with Crippen molar-refractivity contribution in [2.24, 2.45) is 0 Å². The number of anilines is 1. The number of ether oxygens (including phenoxy) is 1. The molecule has 0 bridgehead atoms. The summed E-state index contributed by atoms with van der Waals surface area (Å²) >= 11 is 0. The quantitative estimate of drug-likeness (QED) is 0.917. The van der Waals surface area contributed by atoms with Crippen molar-refractivity contribution in [3.8, 4) is 17.4 Å². The fraction of sp³-hybridized carbons (Fsp3) is 0.308. The van der Waals surface area contributed by atoms with E-state index in [1.165, 1.54) is 19.2 Å². The summed E-state index contributed by atoms with van der Waals surface area (Å²) in [6, 6.07) is 4.69. The Kier molecular flexibility index (Phi) is 3.89. The van der Waals surface area contributed by atoms with Gasteiger partial charge in [-0.1, -0.05) is 6.07 Å². The SMILES string of the molecule is CCNc1nc(OC)nc(-c2cc(F)ccc2C)n1. The third-order valence-electron chi connectivity index (χ3n) is 2.57. The van der Waals surface area contributed by atoms with Crippen LogP contribution in [0.15, 0.2) is 18.2 Å². The predicted octanol–water partition coefficient (Wildman–Crippen LogP) is 2.43. The van der Waals surface area contributed by atoms with E-state index in [2.05, 4.69) is 20.3 Å². The number of aryl methyl sites for hydroxylation is 1. The van der Waals surface area contributed by atoms with E-state index in [-0.39, 0.29) is 11.8 Å². The molecule has 0 aliphatic heterocycles. The molecule has 0 unspecified atom stereocenters. The van der Waals surface area contributed by atoms with Gasteiger partial charge in [-0.2, -0.15) is 15.0 Å². The lowest BCUT2D eigenvalue weighted by molar-refractivity contribution is 0.379. The first-order valence-corrected chi connectivity index (χ1v) is 5.94. The Balaban J connectivity index is 2.54. The largest absolute Gasteiger partial charge is 0.467 e. The summed E-state index contributed by atoms with van der Waals surface area (Å²) in [5.74, 6) is 0.470. The highest BCUT2D eigenvalue weighted by Crippen LogP contribution is 2.23. The summed E-state index contributed by atoms with van der Waals surface area (Å²) in [5, 5.41) is 2.99. The Morgan fingerprint density at radius 1 is 1.26 bits per heavy atom. The molecule has 6 heteroatoms. The van der Waals surface area contributed by atoms with Gasteiger partial charge < -0.3 is 10.1 Å². The highest BCUT2D eigenvalue weighted by atomic mass is 19.1. The van der Waals surface area contributed by atoms with Crippen molar-refractivity contribution in [2.45, 2.75) is 13.8 Å². The van der Waals surface area contributed by atoms with E-state index in [1.807, 2.05) is 13.8 Å². The van der Waals surface area contributed by atoms with Crippen molar-refractivity contribution in [3.05, 3.63) is 29.6 Å². The number of hydrogen-bond acceptors (Lipinski definition) is 5. The van der Waals surface area contributed by atoms with Crippen LogP contribution in [0, 0.1) is 12.7 Å². The predicted molar refractivity (Wildman–Crippen MR) is 70.7 cm³/mol. The van der Waals surface area contributed by atoms with E-state index >= 15 is 0 Å². The molecule has 2 aromatic rings. The minimum Gasteiger partial charge on any atom is -0.467 e. The molecule has 0 fully saturated rings. The van der Waals surface area contributed by atoms with E-state index < -0.39 is 0 Å². The number of nitrogens with one attached hydrogen (secondary N) is 1. The number of rotatable bonds is 4. The van der Waals surface area contributed by atoms with Gasteiger partial charge >= 0.3 is 6.01 Å². The molecule has 5 nitrogen and oxygen atoms in total. The van der Waals surface area contributed by atoms with E-state index in [9.17, 15) is 4.39 Å². The van der Waals surface area contributed by atoms with E-state index in [1.54, 1.807) is 6.07 Å². The third kappa shape index (κ3) is 2.96. The monoisotopic (exact) mass is 262 g/mol. The van der Waals surface area contributed by atoms with Gasteiger partial charge in [0.05, 0.1) is 7.11 Å². The van der Waals surface area contributed by atoms with Crippen molar-refractivity contribution in [1.29, 1.82) is 0 Å². The molecular weight excluding hydrogens is 247 g/mol. The van der Waals surface area contributed by atoms with Crippen LogP contribution < -0.4 is 10.1 Å². The standard InChI is InChI=1S/C13H15FN4O/c1-4-15-12-16-11(17-13(18-12)19-3)10-7-9(14)6-5-8(10)2/h5-7H,4H2,1-3H3,(H,15,16,17,18). The lowest BCUT2D eigenvalue weighted by atomic mass is 10.1. The second kappa shape index (κ2) is 5.60. The molecule has 0 saturated carbocycles. The first-order chi connectivity index (χ1) is 9.13. The molecule has 0 aliphatic carbocycles. The third-order valence-corrected chi connectivity index (χ3v) is 2.57. The van der Waals surface area contributed by atoms with Crippen LogP contribution in [0.1, 0.15) is 12.5 Å². The van der Waals surface area contributed by atoms with Crippen LogP contribution >= 0.6 is 0 Å². The Hall–Kier alpha value is -2.24. The molecule has 0 saturated heterocycles. The topological polar surface area (TPSA) is 59.9 Å². The van der Waals surface area contributed by atoms with E-state index in [0.29, 0.717) is 23.9 Å². The molecule has 1 aromatic heterocycles. The second-order valence-corrected chi connectivity index (χ2v) is 3.96. The van der Waals surface area contributed by atoms with Crippen molar-refractivity contribution in [3.63, 3.8) is 0 Å². The Morgan fingerprint density at radius 2 is 2.05 bits per heavy atom. The summed E-state index contributed by atoms with van der Waals surface area (Å²) < 4.78 is 18.4. The second-order valence-electron chi connectivity index (χ2n) is 3.96. The maximum atomic E-state index is 13.3. The molecule has 0 atom stereocenters. The van der Waals surface area contributed by atoms with Gasteiger partial charge in [0.15, 0.2) is 5.82 Å². The molecule has 19 heavy (non-hydrogen) atoms. The fourth-order valence-corrected chi connectivity index (χ4v) is 1.64. The van der Waals surface area contributed by atoms with E-state index in [4.69, 9.17) is 4.74 Å². The first kappa shape index (κ1) is 13.2. The van der Waals surface area contributed by atoms with Gasteiger partial charge in [0.25, 0.3) is 0 Å².